The van der Waals surface area contributed by atoms with E-state index in [0.717, 1.165) is 29.0 Å². The third-order valence-electron chi connectivity index (χ3n) is 4.24. The largest absolute Gasteiger partial charge is 0.483 e. The Bertz CT molecular complexity index is 736. The maximum Gasteiger partial charge on any atom is 0.277 e. The molecule has 2 aromatic rings. The average Bonchev–Trinajstić information content (AvgIpc) is 2.64. The van der Waals surface area contributed by atoms with Gasteiger partial charge in [0.2, 0.25) is 0 Å². The number of para-hydroxylation sites is 1. The zero-order valence-electron chi connectivity index (χ0n) is 15.4. The number of nitrogens with zero attached hydrogens (tertiary/aromatic N) is 1. The van der Waals surface area contributed by atoms with Gasteiger partial charge in [0, 0.05) is 0 Å². The molecule has 1 N–H and O–H groups in total. The molecule has 4 nitrogen and oxygen atoms in total. The monoisotopic (exact) mass is 338 g/mol. The van der Waals surface area contributed by atoms with E-state index in [1.165, 1.54) is 5.56 Å². The number of nitrogens with one attached hydrogen (secondary N) is 1. The number of aryl methyl sites for hydroxylation is 1. The molecule has 4 heteroatoms. The van der Waals surface area contributed by atoms with Gasteiger partial charge in [-0.15, -0.1) is 0 Å². The van der Waals surface area contributed by atoms with Gasteiger partial charge in [-0.25, -0.2) is 5.43 Å². The van der Waals surface area contributed by atoms with E-state index < -0.39 is 0 Å². The maximum absolute atomic E-state index is 12.0. The number of amides is 1. The fourth-order valence-electron chi connectivity index (χ4n) is 2.42. The predicted octanol–water partition coefficient (Wildman–Crippen LogP) is 4.43. The van der Waals surface area contributed by atoms with E-state index >= 15 is 0 Å². The molecule has 0 aliphatic rings. The minimum atomic E-state index is -0.273. The van der Waals surface area contributed by atoms with Gasteiger partial charge in [0.15, 0.2) is 6.61 Å². The summed E-state index contributed by atoms with van der Waals surface area (Å²) in [6.07, 6.45) is 1.02. The number of hydrazone groups is 1. The lowest BCUT2D eigenvalue weighted by molar-refractivity contribution is -0.123. The average molecular weight is 338 g/mol. The number of carbonyl (C=O) groups excluding carboxylic acids is 1. The summed E-state index contributed by atoms with van der Waals surface area (Å²) < 4.78 is 5.69. The highest BCUT2D eigenvalue weighted by Crippen LogP contribution is 2.28. The predicted molar refractivity (Wildman–Crippen MR) is 102 cm³/mol. The van der Waals surface area contributed by atoms with E-state index in [0.29, 0.717) is 5.92 Å². The summed E-state index contributed by atoms with van der Waals surface area (Å²) in [6.45, 7) is 8.13. The standard InChI is InChI=1S/C21H26N2O2/c1-5-16(3)19-8-6-7-9-20(19)25-14-21(24)23-22-17(4)18-12-10-15(2)11-13-18/h6-13,16H,5,14H2,1-4H3,(H,23,24)/b22-17+. The van der Waals surface area contributed by atoms with Crippen LogP contribution >= 0.6 is 0 Å². The van der Waals surface area contributed by atoms with Gasteiger partial charge in [0.25, 0.3) is 5.91 Å². The molecular weight excluding hydrogens is 312 g/mol. The Morgan fingerprint density at radius 1 is 1.16 bits per heavy atom. The molecule has 0 aliphatic heterocycles. The smallest absolute Gasteiger partial charge is 0.277 e. The molecular formula is C21H26N2O2. The third-order valence-corrected chi connectivity index (χ3v) is 4.24. The molecule has 132 valence electrons. The van der Waals surface area contributed by atoms with Gasteiger partial charge >= 0.3 is 0 Å². The lowest BCUT2D eigenvalue weighted by Crippen LogP contribution is -2.26. The number of hydrogen-bond acceptors (Lipinski definition) is 3. The Kier molecular flexibility index (Phi) is 6.75. The molecule has 0 saturated carbocycles. The zero-order valence-corrected chi connectivity index (χ0v) is 15.4. The summed E-state index contributed by atoms with van der Waals surface area (Å²) in [5.74, 6) is 0.873. The summed E-state index contributed by atoms with van der Waals surface area (Å²) in [4.78, 5) is 12.0. The van der Waals surface area contributed by atoms with Crippen LogP contribution in [0.25, 0.3) is 0 Å². The van der Waals surface area contributed by atoms with E-state index in [9.17, 15) is 4.79 Å². The fourth-order valence-corrected chi connectivity index (χ4v) is 2.42. The van der Waals surface area contributed by atoms with Gasteiger partial charge in [0.05, 0.1) is 5.71 Å². The number of hydrogen-bond donors (Lipinski definition) is 1. The number of rotatable bonds is 7. The highest BCUT2D eigenvalue weighted by molar-refractivity contribution is 5.99. The van der Waals surface area contributed by atoms with Gasteiger partial charge in [-0.2, -0.15) is 5.10 Å². The summed E-state index contributed by atoms with van der Waals surface area (Å²) in [5.41, 5.74) is 6.60. The third kappa shape index (κ3) is 5.45. The maximum atomic E-state index is 12.0. The number of carbonyl (C=O) groups is 1. The minimum Gasteiger partial charge on any atom is -0.483 e. The summed E-state index contributed by atoms with van der Waals surface area (Å²) in [5, 5.41) is 4.15. The highest BCUT2D eigenvalue weighted by Gasteiger charge is 2.11. The van der Waals surface area contributed by atoms with Crippen molar-refractivity contribution in [1.29, 1.82) is 0 Å². The second-order valence-corrected chi connectivity index (χ2v) is 6.23. The lowest BCUT2D eigenvalue weighted by atomic mass is 9.98. The first-order chi connectivity index (χ1) is 12.0. The molecule has 0 spiro atoms. The van der Waals surface area contributed by atoms with Crippen molar-refractivity contribution in [1.82, 2.24) is 5.43 Å². The van der Waals surface area contributed by atoms with Gasteiger partial charge in [-0.3, -0.25) is 4.79 Å². The lowest BCUT2D eigenvalue weighted by Gasteiger charge is -2.15. The van der Waals surface area contributed by atoms with Crippen LogP contribution < -0.4 is 10.2 Å². The van der Waals surface area contributed by atoms with Crippen molar-refractivity contribution in [2.75, 3.05) is 6.61 Å². The molecule has 0 bridgehead atoms. The van der Waals surface area contributed by atoms with Crippen molar-refractivity contribution in [2.45, 2.75) is 40.0 Å². The Balaban J connectivity index is 1.93. The first-order valence-corrected chi connectivity index (χ1v) is 8.63. The van der Waals surface area contributed by atoms with E-state index in [1.807, 2.05) is 62.4 Å². The van der Waals surface area contributed by atoms with Gasteiger partial charge < -0.3 is 4.74 Å². The highest BCUT2D eigenvalue weighted by atomic mass is 16.5. The summed E-state index contributed by atoms with van der Waals surface area (Å²) >= 11 is 0. The van der Waals surface area contributed by atoms with Crippen LogP contribution in [-0.2, 0) is 4.79 Å². The molecule has 0 saturated heterocycles. The summed E-state index contributed by atoms with van der Waals surface area (Å²) in [7, 11) is 0. The van der Waals surface area contributed by atoms with Crippen molar-refractivity contribution >= 4 is 11.6 Å². The molecule has 0 fully saturated rings. The molecule has 0 radical (unpaired) electrons. The first-order valence-electron chi connectivity index (χ1n) is 8.63. The van der Waals surface area contributed by atoms with Crippen LogP contribution in [-0.4, -0.2) is 18.2 Å². The molecule has 1 amide bonds. The van der Waals surface area contributed by atoms with Crippen LogP contribution in [0.2, 0.25) is 0 Å². The molecule has 1 unspecified atom stereocenters. The Hall–Kier alpha value is -2.62. The van der Waals surface area contributed by atoms with Crippen molar-refractivity contribution in [3.05, 3.63) is 65.2 Å². The SMILES string of the molecule is CCC(C)c1ccccc1OCC(=O)N/N=C(\C)c1ccc(C)cc1. The second-order valence-electron chi connectivity index (χ2n) is 6.23. The number of benzene rings is 2. The van der Waals surface area contributed by atoms with Gasteiger partial charge in [-0.05, 0) is 43.4 Å². The van der Waals surface area contributed by atoms with E-state index in [4.69, 9.17) is 4.74 Å². The minimum absolute atomic E-state index is 0.0574. The van der Waals surface area contributed by atoms with Gasteiger partial charge in [-0.1, -0.05) is 61.9 Å². The van der Waals surface area contributed by atoms with E-state index in [-0.39, 0.29) is 12.5 Å². The van der Waals surface area contributed by atoms with Crippen LogP contribution in [0.4, 0.5) is 0 Å². The Morgan fingerprint density at radius 2 is 1.84 bits per heavy atom. The molecule has 25 heavy (non-hydrogen) atoms. The van der Waals surface area contributed by atoms with Crippen molar-refractivity contribution in [3.8, 4) is 5.75 Å². The molecule has 1 atom stereocenters. The van der Waals surface area contributed by atoms with Crippen LogP contribution in [0.5, 0.6) is 5.75 Å². The van der Waals surface area contributed by atoms with Crippen molar-refractivity contribution in [3.63, 3.8) is 0 Å². The van der Waals surface area contributed by atoms with Crippen molar-refractivity contribution < 1.29 is 9.53 Å². The topological polar surface area (TPSA) is 50.7 Å². The molecule has 0 aliphatic carbocycles. The molecule has 0 heterocycles. The van der Waals surface area contributed by atoms with Crippen LogP contribution in [0, 0.1) is 6.92 Å². The van der Waals surface area contributed by atoms with Crippen LogP contribution in [0.3, 0.4) is 0 Å². The normalized spacial score (nSPS) is 12.6. The van der Waals surface area contributed by atoms with Crippen molar-refractivity contribution in [2.24, 2.45) is 5.10 Å². The van der Waals surface area contributed by atoms with E-state index in [2.05, 4.69) is 24.4 Å². The molecule has 0 aromatic heterocycles. The summed E-state index contributed by atoms with van der Waals surface area (Å²) in [6, 6.07) is 15.9. The Morgan fingerprint density at radius 3 is 2.52 bits per heavy atom. The van der Waals surface area contributed by atoms with Crippen LogP contribution in [0.1, 0.15) is 49.8 Å². The molecule has 2 aromatic carbocycles. The first kappa shape index (κ1) is 18.7. The molecule has 2 rings (SSSR count). The fraction of sp³-hybridized carbons (Fsp3) is 0.333. The Labute approximate surface area is 149 Å². The number of ether oxygens (including phenoxy) is 1. The van der Waals surface area contributed by atoms with Crippen LogP contribution in [0.15, 0.2) is 53.6 Å². The zero-order chi connectivity index (χ0) is 18.2. The second kappa shape index (κ2) is 9.02. The van der Waals surface area contributed by atoms with E-state index in [1.54, 1.807) is 0 Å². The van der Waals surface area contributed by atoms with Gasteiger partial charge in [0.1, 0.15) is 5.75 Å². The quantitative estimate of drug-likeness (QED) is 0.600.